The van der Waals surface area contributed by atoms with Crippen LogP contribution in [0.25, 0.3) is 0 Å². The predicted molar refractivity (Wildman–Crippen MR) is 267 cm³/mol. The summed E-state index contributed by atoms with van der Waals surface area (Å²) in [6, 6.07) is 30.3. The maximum absolute atomic E-state index is 13.1. The molecule has 368 valence electrons. The number of nitro benzene ring substituents is 2. The van der Waals surface area contributed by atoms with E-state index in [1.807, 2.05) is 60.7 Å². The van der Waals surface area contributed by atoms with Crippen LogP contribution in [-0.4, -0.2) is 148 Å². The first kappa shape index (κ1) is 61.0. The zero-order valence-electron chi connectivity index (χ0n) is 39.5. The topological polar surface area (TPSA) is 205 Å². The summed E-state index contributed by atoms with van der Waals surface area (Å²) < 4.78 is 0. The number of halogens is 2. The van der Waals surface area contributed by atoms with Crippen molar-refractivity contribution in [2.24, 2.45) is 0 Å². The lowest BCUT2D eigenvalue weighted by Gasteiger charge is -2.27. The van der Waals surface area contributed by atoms with Crippen LogP contribution in [0.2, 0.25) is 0 Å². The molecule has 4 aromatic carbocycles. The number of carbonyl (C=O) groups is 4. The summed E-state index contributed by atoms with van der Waals surface area (Å²) in [6.45, 7) is 15.4. The van der Waals surface area contributed by atoms with Crippen molar-refractivity contribution in [3.8, 4) is 0 Å². The maximum Gasteiger partial charge on any atom is 0.269 e. The zero-order valence-corrected chi connectivity index (χ0v) is 41.1. The van der Waals surface area contributed by atoms with Crippen LogP contribution < -0.4 is 0 Å². The Balaban J connectivity index is 0.00000124. The second-order valence-corrected chi connectivity index (χ2v) is 15.3. The highest BCUT2D eigenvalue weighted by molar-refractivity contribution is 5.97. The Morgan fingerprint density at radius 3 is 1.04 bits per heavy atom. The highest BCUT2D eigenvalue weighted by Crippen LogP contribution is 2.16. The lowest BCUT2D eigenvalue weighted by Crippen LogP contribution is -2.42. The molecule has 4 amide bonds. The lowest BCUT2D eigenvalue weighted by atomic mass is 10.1. The second kappa shape index (κ2) is 32.7. The van der Waals surface area contributed by atoms with E-state index in [2.05, 4.69) is 37.5 Å². The average Bonchev–Trinajstić information content (AvgIpc) is 3.31. The number of nitro groups is 2. The van der Waals surface area contributed by atoms with E-state index < -0.39 is 9.85 Å². The minimum absolute atomic E-state index is 0. The molecule has 19 heteroatoms. The molecule has 4 rings (SSSR count). The van der Waals surface area contributed by atoms with Crippen LogP contribution in [-0.2, 0) is 22.7 Å². The van der Waals surface area contributed by atoms with E-state index in [0.29, 0.717) is 37.3 Å². The minimum atomic E-state index is -0.502. The van der Waals surface area contributed by atoms with Gasteiger partial charge in [0.15, 0.2) is 0 Å². The molecule has 0 aliphatic carbocycles. The van der Waals surface area contributed by atoms with Crippen LogP contribution in [0.4, 0.5) is 11.4 Å². The fourth-order valence-corrected chi connectivity index (χ4v) is 6.83. The molecule has 0 radical (unpaired) electrons. The third-order valence-corrected chi connectivity index (χ3v) is 10.8. The number of nitrogens with zero attached hydrogens (tertiary/aromatic N) is 8. The second-order valence-electron chi connectivity index (χ2n) is 15.3. The molecule has 4 aromatic rings. The van der Waals surface area contributed by atoms with Crippen molar-refractivity contribution in [1.82, 2.24) is 29.4 Å². The van der Waals surface area contributed by atoms with Gasteiger partial charge < -0.3 is 34.9 Å². The number of likely N-dealkylation sites (N-methyl/N-ethyl adjacent to an activating group) is 2. The van der Waals surface area contributed by atoms with E-state index in [-0.39, 0.29) is 78.4 Å². The summed E-state index contributed by atoms with van der Waals surface area (Å²) in [5.74, 6) is -0.930. The zero-order chi connectivity index (χ0) is 47.0. The van der Waals surface area contributed by atoms with Gasteiger partial charge in [-0.3, -0.25) is 39.4 Å². The SMILES string of the molecule is CCN(CC)CCCN(CC(=O)N(C)Cc1ccccc1)C(=O)c1ccc([N+](=O)[O-])cc1.CCN(CC)CCCN(CC(=O)N(C)Cc1ccccc1)C(=O)c1ccc([N+](=O)[O-])cc1.Cl.Cl.O. The van der Waals surface area contributed by atoms with E-state index >= 15 is 0 Å². The molecule has 0 saturated heterocycles. The number of amides is 4. The highest BCUT2D eigenvalue weighted by atomic mass is 35.5. The van der Waals surface area contributed by atoms with Gasteiger partial charge in [-0.2, -0.15) is 0 Å². The molecular formula is C48H68Cl2N8O9. The van der Waals surface area contributed by atoms with Crippen molar-refractivity contribution in [2.45, 2.75) is 53.6 Å². The molecule has 2 N–H and O–H groups in total. The van der Waals surface area contributed by atoms with Gasteiger partial charge >= 0.3 is 0 Å². The summed E-state index contributed by atoms with van der Waals surface area (Å²) in [4.78, 5) is 83.6. The Hall–Kier alpha value is -5.98. The van der Waals surface area contributed by atoms with Crippen molar-refractivity contribution in [1.29, 1.82) is 0 Å². The molecule has 0 atom stereocenters. The predicted octanol–water partition coefficient (Wildman–Crippen LogP) is 6.87. The van der Waals surface area contributed by atoms with Crippen LogP contribution in [0, 0.1) is 20.2 Å². The molecule has 67 heavy (non-hydrogen) atoms. The van der Waals surface area contributed by atoms with E-state index in [1.54, 1.807) is 23.9 Å². The number of benzene rings is 4. The maximum atomic E-state index is 13.1. The summed E-state index contributed by atoms with van der Waals surface area (Å²) in [5.41, 5.74) is 2.53. The normalized spacial score (nSPS) is 10.3. The first-order valence-corrected chi connectivity index (χ1v) is 21.8. The molecule has 0 fully saturated rings. The van der Waals surface area contributed by atoms with E-state index in [0.717, 1.165) is 63.2 Å². The summed E-state index contributed by atoms with van der Waals surface area (Å²) >= 11 is 0. The molecule has 0 aliphatic heterocycles. The van der Waals surface area contributed by atoms with Gasteiger partial charge in [-0.15, -0.1) is 24.8 Å². The van der Waals surface area contributed by atoms with Crippen LogP contribution in [0.1, 0.15) is 72.4 Å². The van der Waals surface area contributed by atoms with Crippen LogP contribution >= 0.6 is 24.8 Å². The van der Waals surface area contributed by atoms with Crippen molar-refractivity contribution in [3.63, 3.8) is 0 Å². The number of carbonyl (C=O) groups excluding carboxylic acids is 4. The Morgan fingerprint density at radius 1 is 0.478 bits per heavy atom. The Morgan fingerprint density at radius 2 is 0.776 bits per heavy atom. The van der Waals surface area contributed by atoms with Gasteiger partial charge in [0, 0.05) is 75.7 Å². The molecule has 0 unspecified atom stereocenters. The first-order valence-electron chi connectivity index (χ1n) is 21.8. The molecular weight excluding hydrogens is 903 g/mol. The monoisotopic (exact) mass is 970 g/mol. The van der Waals surface area contributed by atoms with Gasteiger partial charge in [0.2, 0.25) is 11.8 Å². The molecule has 17 nitrogen and oxygen atoms in total. The summed E-state index contributed by atoms with van der Waals surface area (Å²) in [5, 5.41) is 21.8. The van der Waals surface area contributed by atoms with Gasteiger partial charge in [0.05, 0.1) is 9.85 Å². The van der Waals surface area contributed by atoms with Gasteiger partial charge in [0.25, 0.3) is 23.2 Å². The van der Waals surface area contributed by atoms with Gasteiger partial charge in [-0.1, -0.05) is 88.4 Å². The van der Waals surface area contributed by atoms with Crippen LogP contribution in [0.5, 0.6) is 0 Å². The first-order chi connectivity index (χ1) is 30.7. The number of non-ortho nitro benzene ring substituents is 2. The average molecular weight is 972 g/mol. The van der Waals surface area contributed by atoms with Gasteiger partial charge in [-0.25, -0.2) is 0 Å². The fraction of sp³-hybridized carbons (Fsp3) is 0.417. The van der Waals surface area contributed by atoms with E-state index in [1.165, 1.54) is 58.3 Å². The Kier molecular flexibility index (Phi) is 29.7. The number of rotatable bonds is 24. The largest absolute Gasteiger partial charge is 0.412 e. The van der Waals surface area contributed by atoms with Crippen LogP contribution in [0.15, 0.2) is 109 Å². The molecule has 0 spiro atoms. The molecule has 0 bridgehead atoms. The standard InChI is InChI=1S/2C24H32N4O4.2ClH.H2O/c2*1-4-26(5-2)16-9-17-27(24(30)21-12-14-22(15-13-21)28(31)32)19-23(29)25(3)18-20-10-7-6-8-11-20;;;/h2*6-8,10-15H,4-5,9,16-19H2,1-3H3;2*1H;1H2. The Bertz CT molecular complexity index is 1930. The van der Waals surface area contributed by atoms with Gasteiger partial charge in [-0.05, 0) is 87.5 Å². The third kappa shape index (κ3) is 21.0. The quantitative estimate of drug-likeness (QED) is 0.0526. The number of hydrogen-bond donors (Lipinski definition) is 0. The van der Waals surface area contributed by atoms with E-state index in [9.17, 15) is 39.4 Å². The highest BCUT2D eigenvalue weighted by Gasteiger charge is 2.23. The molecule has 0 saturated carbocycles. The third-order valence-electron chi connectivity index (χ3n) is 10.8. The van der Waals surface area contributed by atoms with Crippen LogP contribution in [0.3, 0.4) is 0 Å². The van der Waals surface area contributed by atoms with Crippen molar-refractivity contribution >= 4 is 59.8 Å². The number of hydrogen-bond acceptors (Lipinski definition) is 10. The van der Waals surface area contributed by atoms with Crippen molar-refractivity contribution < 1.29 is 34.5 Å². The molecule has 0 aliphatic rings. The Labute approximate surface area is 407 Å². The van der Waals surface area contributed by atoms with E-state index in [4.69, 9.17) is 0 Å². The smallest absolute Gasteiger partial charge is 0.269 e. The minimum Gasteiger partial charge on any atom is -0.412 e. The lowest BCUT2D eigenvalue weighted by molar-refractivity contribution is -0.385. The fourth-order valence-electron chi connectivity index (χ4n) is 6.83. The van der Waals surface area contributed by atoms with Gasteiger partial charge in [0.1, 0.15) is 13.1 Å². The van der Waals surface area contributed by atoms with Crippen molar-refractivity contribution in [3.05, 3.63) is 152 Å². The molecule has 0 heterocycles. The summed E-state index contributed by atoms with van der Waals surface area (Å²) in [7, 11) is 3.44. The molecule has 0 aromatic heterocycles. The summed E-state index contributed by atoms with van der Waals surface area (Å²) in [6.07, 6.45) is 1.46. The van der Waals surface area contributed by atoms with Crippen molar-refractivity contribution in [2.75, 3.05) is 79.5 Å².